The Hall–Kier alpha value is -0.160. The van der Waals surface area contributed by atoms with Crippen LogP contribution in [0.4, 0.5) is 0 Å². The average molecular weight is 298 g/mol. The molecule has 4 nitrogen and oxygen atoms in total. The van der Waals surface area contributed by atoms with Gasteiger partial charge in [0.15, 0.2) is 0 Å². The van der Waals surface area contributed by atoms with Crippen LogP contribution < -0.4 is 5.32 Å². The summed E-state index contributed by atoms with van der Waals surface area (Å²) in [4.78, 5) is 2.66. The second-order valence-electron chi connectivity index (χ2n) is 7.67. The Bertz CT molecular complexity index is 314. The summed E-state index contributed by atoms with van der Waals surface area (Å²) in [7, 11) is 1.84. The van der Waals surface area contributed by atoms with Crippen molar-refractivity contribution in [3.8, 4) is 0 Å². The van der Waals surface area contributed by atoms with Crippen molar-refractivity contribution < 1.29 is 9.47 Å². The van der Waals surface area contributed by atoms with Crippen molar-refractivity contribution in [1.82, 2.24) is 10.2 Å². The van der Waals surface area contributed by atoms with E-state index in [1.165, 1.54) is 6.42 Å². The van der Waals surface area contributed by atoms with E-state index in [-0.39, 0.29) is 5.60 Å². The van der Waals surface area contributed by atoms with Crippen molar-refractivity contribution in [2.24, 2.45) is 11.8 Å². The highest BCUT2D eigenvalue weighted by Crippen LogP contribution is 2.27. The number of nitrogens with one attached hydrogen (secondary N) is 1. The average Bonchev–Trinajstić information content (AvgIpc) is 2.87. The van der Waals surface area contributed by atoms with Crippen LogP contribution in [-0.4, -0.2) is 62.5 Å². The van der Waals surface area contributed by atoms with E-state index in [1.807, 2.05) is 7.11 Å². The Morgan fingerprint density at radius 2 is 2.10 bits per heavy atom. The Morgan fingerprint density at radius 3 is 2.62 bits per heavy atom. The lowest BCUT2D eigenvalue weighted by molar-refractivity contribution is -0.0603. The molecule has 0 amide bonds. The molecule has 0 spiro atoms. The SMILES string of the molecule is COC1(CN2CC(CC(C)C)NCC2C(C)C)CCOC1. The molecular weight excluding hydrogens is 264 g/mol. The number of piperazine rings is 1. The molecule has 124 valence electrons. The topological polar surface area (TPSA) is 33.7 Å². The summed E-state index contributed by atoms with van der Waals surface area (Å²) >= 11 is 0. The van der Waals surface area contributed by atoms with Gasteiger partial charge in [-0.1, -0.05) is 27.7 Å². The van der Waals surface area contributed by atoms with E-state index in [0.29, 0.717) is 18.0 Å². The van der Waals surface area contributed by atoms with Crippen LogP contribution in [0.5, 0.6) is 0 Å². The van der Waals surface area contributed by atoms with Gasteiger partial charge in [0.1, 0.15) is 5.60 Å². The maximum absolute atomic E-state index is 5.86. The van der Waals surface area contributed by atoms with E-state index in [9.17, 15) is 0 Å². The van der Waals surface area contributed by atoms with Crippen LogP contribution in [0.2, 0.25) is 0 Å². The monoisotopic (exact) mass is 298 g/mol. The molecule has 3 unspecified atom stereocenters. The number of hydrogen-bond donors (Lipinski definition) is 1. The molecule has 1 N–H and O–H groups in total. The van der Waals surface area contributed by atoms with Crippen LogP contribution in [0.1, 0.15) is 40.5 Å². The van der Waals surface area contributed by atoms with Gasteiger partial charge >= 0.3 is 0 Å². The first-order valence-electron chi connectivity index (χ1n) is 8.56. The second-order valence-corrected chi connectivity index (χ2v) is 7.67. The largest absolute Gasteiger partial charge is 0.378 e. The molecule has 0 aliphatic carbocycles. The quantitative estimate of drug-likeness (QED) is 0.814. The number of ether oxygens (including phenoxy) is 2. The zero-order valence-electron chi connectivity index (χ0n) is 14.5. The van der Waals surface area contributed by atoms with Gasteiger partial charge in [-0.2, -0.15) is 0 Å². The van der Waals surface area contributed by atoms with E-state index in [4.69, 9.17) is 9.47 Å². The van der Waals surface area contributed by atoms with Crippen LogP contribution in [0.3, 0.4) is 0 Å². The van der Waals surface area contributed by atoms with Crippen LogP contribution in [0.15, 0.2) is 0 Å². The minimum atomic E-state index is -0.0904. The first-order valence-corrected chi connectivity index (χ1v) is 8.56. The first kappa shape index (κ1) is 17.2. The second kappa shape index (κ2) is 7.40. The smallest absolute Gasteiger partial charge is 0.106 e. The zero-order valence-corrected chi connectivity index (χ0v) is 14.5. The van der Waals surface area contributed by atoms with Crippen molar-refractivity contribution in [3.05, 3.63) is 0 Å². The fraction of sp³-hybridized carbons (Fsp3) is 1.00. The molecule has 21 heavy (non-hydrogen) atoms. The molecule has 0 aromatic carbocycles. The predicted molar refractivity (Wildman–Crippen MR) is 86.6 cm³/mol. The van der Waals surface area contributed by atoms with E-state index in [1.54, 1.807) is 0 Å². The minimum Gasteiger partial charge on any atom is -0.378 e. The highest BCUT2D eigenvalue weighted by Gasteiger charge is 2.40. The Morgan fingerprint density at radius 1 is 1.33 bits per heavy atom. The molecule has 4 heteroatoms. The van der Waals surface area contributed by atoms with Crippen molar-refractivity contribution >= 4 is 0 Å². The maximum Gasteiger partial charge on any atom is 0.106 e. The molecule has 2 heterocycles. The van der Waals surface area contributed by atoms with Gasteiger partial charge < -0.3 is 14.8 Å². The molecule has 2 aliphatic heterocycles. The van der Waals surface area contributed by atoms with E-state index < -0.39 is 0 Å². The lowest BCUT2D eigenvalue weighted by Gasteiger charge is -2.46. The van der Waals surface area contributed by atoms with Crippen molar-refractivity contribution in [2.45, 2.75) is 58.2 Å². The van der Waals surface area contributed by atoms with Crippen LogP contribution in [-0.2, 0) is 9.47 Å². The molecule has 0 aromatic heterocycles. The molecule has 2 rings (SSSR count). The summed E-state index contributed by atoms with van der Waals surface area (Å²) in [5.74, 6) is 1.40. The first-order chi connectivity index (χ1) is 9.96. The summed E-state index contributed by atoms with van der Waals surface area (Å²) in [5.41, 5.74) is -0.0904. The molecule has 0 saturated carbocycles. The lowest BCUT2D eigenvalue weighted by atomic mass is 9.92. The zero-order chi connectivity index (χ0) is 15.5. The van der Waals surface area contributed by atoms with Crippen molar-refractivity contribution in [1.29, 1.82) is 0 Å². The van der Waals surface area contributed by atoms with Crippen LogP contribution >= 0.6 is 0 Å². The van der Waals surface area contributed by atoms with Gasteiger partial charge in [0.25, 0.3) is 0 Å². The van der Waals surface area contributed by atoms with Crippen molar-refractivity contribution in [3.63, 3.8) is 0 Å². The molecule has 0 bridgehead atoms. The highest BCUT2D eigenvalue weighted by atomic mass is 16.5. The van der Waals surface area contributed by atoms with Gasteiger partial charge in [0.05, 0.1) is 6.61 Å². The Kier molecular flexibility index (Phi) is 6.06. The number of nitrogens with zero attached hydrogens (tertiary/aromatic N) is 1. The summed E-state index contributed by atoms with van der Waals surface area (Å²) < 4.78 is 11.5. The predicted octanol–water partition coefficient (Wildman–Crippen LogP) is 2.14. The molecule has 2 fully saturated rings. The molecule has 0 aromatic rings. The number of hydrogen-bond acceptors (Lipinski definition) is 4. The fourth-order valence-electron chi connectivity index (χ4n) is 3.77. The molecular formula is C17H34N2O2. The normalized spacial score (nSPS) is 35.0. The molecule has 3 atom stereocenters. The lowest BCUT2D eigenvalue weighted by Crippen LogP contribution is -2.62. The maximum atomic E-state index is 5.86. The summed E-state index contributed by atoms with van der Waals surface area (Å²) in [5, 5.41) is 3.75. The van der Waals surface area contributed by atoms with Gasteiger partial charge in [0, 0.05) is 51.9 Å². The van der Waals surface area contributed by atoms with Crippen LogP contribution in [0.25, 0.3) is 0 Å². The van der Waals surface area contributed by atoms with E-state index in [0.717, 1.165) is 45.2 Å². The number of rotatable bonds is 6. The summed E-state index contributed by atoms with van der Waals surface area (Å²) in [6, 6.07) is 1.21. The Balaban J connectivity index is 2.03. The third-order valence-electron chi connectivity index (χ3n) is 5.06. The minimum absolute atomic E-state index is 0.0904. The van der Waals surface area contributed by atoms with Gasteiger partial charge in [-0.05, 0) is 18.3 Å². The van der Waals surface area contributed by atoms with Gasteiger partial charge in [-0.25, -0.2) is 0 Å². The van der Waals surface area contributed by atoms with E-state index in [2.05, 4.69) is 37.9 Å². The van der Waals surface area contributed by atoms with Gasteiger partial charge in [0.2, 0.25) is 0 Å². The Labute approximate surface area is 130 Å². The standard InChI is InChI=1S/C17H34N2O2/c1-13(2)8-15-10-19(16(9-18-15)14(3)4)11-17(20-5)6-7-21-12-17/h13-16,18H,6-12H2,1-5H3. The number of methoxy groups -OCH3 is 1. The van der Waals surface area contributed by atoms with Gasteiger partial charge in [-0.3, -0.25) is 4.90 Å². The highest BCUT2D eigenvalue weighted by molar-refractivity contribution is 4.95. The third kappa shape index (κ3) is 4.41. The molecule has 2 aliphatic rings. The third-order valence-corrected chi connectivity index (χ3v) is 5.06. The summed E-state index contributed by atoms with van der Waals surface area (Å²) in [6.07, 6.45) is 2.27. The molecule has 2 saturated heterocycles. The van der Waals surface area contributed by atoms with Gasteiger partial charge in [-0.15, -0.1) is 0 Å². The fourth-order valence-corrected chi connectivity index (χ4v) is 3.77. The molecule has 0 radical (unpaired) electrons. The van der Waals surface area contributed by atoms with E-state index >= 15 is 0 Å². The van der Waals surface area contributed by atoms with Crippen LogP contribution in [0, 0.1) is 11.8 Å². The summed E-state index contributed by atoms with van der Waals surface area (Å²) in [6.45, 7) is 14.1. The van der Waals surface area contributed by atoms with Crippen molar-refractivity contribution in [2.75, 3.05) is 40.0 Å².